The van der Waals surface area contributed by atoms with Crippen molar-refractivity contribution in [2.75, 3.05) is 22.5 Å². The van der Waals surface area contributed by atoms with Gasteiger partial charge in [0.25, 0.3) is 5.91 Å². The summed E-state index contributed by atoms with van der Waals surface area (Å²) in [6.07, 6.45) is 1.04. The lowest BCUT2D eigenvalue weighted by Crippen LogP contribution is -2.29. The van der Waals surface area contributed by atoms with Gasteiger partial charge in [-0.05, 0) is 61.9 Å². The molecule has 3 rings (SSSR count). The van der Waals surface area contributed by atoms with E-state index in [4.69, 9.17) is 4.74 Å². The van der Waals surface area contributed by atoms with Crippen molar-refractivity contribution in [3.8, 4) is 0 Å². The van der Waals surface area contributed by atoms with Gasteiger partial charge in [-0.25, -0.2) is 17.6 Å². The molecule has 0 aliphatic rings. The Morgan fingerprint density at radius 1 is 1.00 bits per heavy atom. The number of nitrogens with one attached hydrogen (secondary N) is 1. The third-order valence-corrected chi connectivity index (χ3v) is 6.31. The Labute approximate surface area is 198 Å². The zero-order valence-electron chi connectivity index (χ0n) is 19.0. The molecule has 9 heteroatoms. The number of amides is 1. The molecule has 1 N–H and O–H groups in total. The summed E-state index contributed by atoms with van der Waals surface area (Å²) in [5.74, 6) is -1.42. The van der Waals surface area contributed by atoms with Crippen LogP contribution < -0.4 is 9.62 Å². The predicted molar refractivity (Wildman–Crippen MR) is 129 cm³/mol. The summed E-state index contributed by atoms with van der Waals surface area (Å²) in [7, 11) is -3.72. The predicted octanol–water partition coefficient (Wildman–Crippen LogP) is 4.53. The maximum absolute atomic E-state index is 14.1. The Kier molecular flexibility index (Phi) is 7.68. The van der Waals surface area contributed by atoms with Crippen molar-refractivity contribution < 1.29 is 27.1 Å². The van der Waals surface area contributed by atoms with E-state index < -0.39 is 27.7 Å². The molecule has 1 amide bonds. The third-order valence-electron chi connectivity index (χ3n) is 5.17. The minimum atomic E-state index is -3.72. The van der Waals surface area contributed by atoms with Crippen molar-refractivity contribution in [1.82, 2.24) is 0 Å². The van der Waals surface area contributed by atoms with Crippen LogP contribution in [-0.4, -0.2) is 33.2 Å². The highest BCUT2D eigenvalue weighted by molar-refractivity contribution is 7.92. The van der Waals surface area contributed by atoms with Gasteiger partial charge in [-0.2, -0.15) is 0 Å². The zero-order chi connectivity index (χ0) is 24.9. The van der Waals surface area contributed by atoms with Crippen LogP contribution in [-0.2, 0) is 21.3 Å². The molecule has 0 aromatic heterocycles. The molecular weight excluding hydrogens is 459 g/mol. The summed E-state index contributed by atoms with van der Waals surface area (Å²) < 4.78 is 44.9. The molecule has 0 bridgehead atoms. The van der Waals surface area contributed by atoms with Crippen LogP contribution in [0, 0.1) is 12.7 Å². The first-order valence-electron chi connectivity index (χ1n) is 10.5. The number of carbonyl (C=O) groups is 2. The van der Waals surface area contributed by atoms with E-state index in [0.717, 1.165) is 10.6 Å². The van der Waals surface area contributed by atoms with E-state index in [1.165, 1.54) is 42.5 Å². The van der Waals surface area contributed by atoms with Crippen LogP contribution >= 0.6 is 0 Å². The average molecular weight is 485 g/mol. The summed E-state index contributed by atoms with van der Waals surface area (Å²) >= 11 is 0. The SMILES string of the molecule is CCOC(=O)c1cccc(NC(=O)c2ccc(N(Cc3ccccc3F)S(C)(=O)=O)cc2)c1C. The fourth-order valence-electron chi connectivity index (χ4n) is 3.36. The highest BCUT2D eigenvalue weighted by Crippen LogP contribution is 2.24. The Bertz CT molecular complexity index is 1310. The number of hydrogen-bond acceptors (Lipinski definition) is 5. The van der Waals surface area contributed by atoms with Gasteiger partial charge in [0, 0.05) is 16.8 Å². The number of rotatable bonds is 8. The van der Waals surface area contributed by atoms with Gasteiger partial charge in [0.05, 0.1) is 30.7 Å². The molecule has 0 heterocycles. The fourth-order valence-corrected chi connectivity index (χ4v) is 4.23. The number of anilines is 2. The van der Waals surface area contributed by atoms with E-state index in [-0.39, 0.29) is 24.3 Å². The molecule has 0 spiro atoms. The summed E-state index contributed by atoms with van der Waals surface area (Å²) in [4.78, 5) is 24.9. The first kappa shape index (κ1) is 24.9. The van der Waals surface area contributed by atoms with Crippen molar-refractivity contribution in [2.45, 2.75) is 20.4 Å². The maximum atomic E-state index is 14.1. The van der Waals surface area contributed by atoms with E-state index in [1.807, 2.05) is 0 Å². The molecule has 3 aromatic rings. The third kappa shape index (κ3) is 5.79. The van der Waals surface area contributed by atoms with Gasteiger partial charge in [0.2, 0.25) is 10.0 Å². The number of halogens is 1. The van der Waals surface area contributed by atoms with Crippen LogP contribution in [0.1, 0.15) is 38.8 Å². The lowest BCUT2D eigenvalue weighted by atomic mass is 10.1. The van der Waals surface area contributed by atoms with Gasteiger partial charge in [0.15, 0.2) is 0 Å². The van der Waals surface area contributed by atoms with E-state index in [0.29, 0.717) is 22.5 Å². The minimum absolute atomic E-state index is 0.184. The first-order chi connectivity index (χ1) is 16.1. The summed E-state index contributed by atoms with van der Waals surface area (Å²) in [5, 5.41) is 2.76. The van der Waals surface area contributed by atoms with E-state index >= 15 is 0 Å². The monoisotopic (exact) mass is 484 g/mol. The standard InChI is InChI=1S/C25H25FN2O5S/c1-4-33-25(30)21-9-7-11-23(17(21)2)27-24(29)18-12-14-20(15-13-18)28(34(3,31)32)16-19-8-5-6-10-22(19)26/h5-15H,4,16H2,1-3H3,(H,27,29). The average Bonchev–Trinajstić information content (AvgIpc) is 2.79. The Balaban J connectivity index is 1.82. The molecule has 34 heavy (non-hydrogen) atoms. The number of nitrogens with zero attached hydrogens (tertiary/aromatic N) is 1. The molecule has 7 nitrogen and oxygen atoms in total. The molecule has 0 fully saturated rings. The van der Waals surface area contributed by atoms with Crippen molar-refractivity contribution in [2.24, 2.45) is 0 Å². The second-order valence-electron chi connectivity index (χ2n) is 7.56. The van der Waals surface area contributed by atoms with Crippen LogP contribution in [0.25, 0.3) is 0 Å². The fraction of sp³-hybridized carbons (Fsp3) is 0.200. The molecule has 0 saturated heterocycles. The molecule has 0 aliphatic carbocycles. The van der Waals surface area contributed by atoms with Crippen molar-refractivity contribution in [1.29, 1.82) is 0 Å². The summed E-state index contributed by atoms with van der Waals surface area (Å²) in [5.41, 5.74) is 2.18. The lowest BCUT2D eigenvalue weighted by Gasteiger charge is -2.23. The largest absolute Gasteiger partial charge is 0.462 e. The normalized spacial score (nSPS) is 11.1. The molecule has 0 radical (unpaired) electrons. The number of ether oxygens (including phenoxy) is 1. The van der Waals surface area contributed by atoms with E-state index in [9.17, 15) is 22.4 Å². The van der Waals surface area contributed by atoms with Crippen LogP contribution in [0.4, 0.5) is 15.8 Å². The Hall–Kier alpha value is -3.72. The molecule has 0 atom stereocenters. The topological polar surface area (TPSA) is 92.8 Å². The van der Waals surface area contributed by atoms with Crippen LogP contribution in [0.15, 0.2) is 66.7 Å². The van der Waals surface area contributed by atoms with Gasteiger partial charge in [-0.3, -0.25) is 9.10 Å². The zero-order valence-corrected chi connectivity index (χ0v) is 19.9. The number of hydrogen-bond donors (Lipinski definition) is 1. The second kappa shape index (κ2) is 10.5. The highest BCUT2D eigenvalue weighted by Gasteiger charge is 2.20. The summed E-state index contributed by atoms with van der Waals surface area (Å²) in [6, 6.07) is 16.8. The van der Waals surface area contributed by atoms with Crippen molar-refractivity contribution in [3.63, 3.8) is 0 Å². The van der Waals surface area contributed by atoms with Gasteiger partial charge < -0.3 is 10.1 Å². The molecule has 0 saturated carbocycles. The maximum Gasteiger partial charge on any atom is 0.338 e. The molecule has 3 aromatic carbocycles. The lowest BCUT2D eigenvalue weighted by molar-refractivity contribution is 0.0525. The quantitative estimate of drug-likeness (QED) is 0.474. The van der Waals surface area contributed by atoms with Crippen LogP contribution in [0.2, 0.25) is 0 Å². The Morgan fingerprint density at radius 2 is 1.68 bits per heavy atom. The van der Waals surface area contributed by atoms with Crippen LogP contribution in [0.3, 0.4) is 0 Å². The van der Waals surface area contributed by atoms with Gasteiger partial charge in [0.1, 0.15) is 5.82 Å². The Morgan fingerprint density at radius 3 is 2.29 bits per heavy atom. The number of sulfonamides is 1. The van der Waals surface area contributed by atoms with E-state index in [2.05, 4.69) is 5.32 Å². The van der Waals surface area contributed by atoms with Gasteiger partial charge in [-0.15, -0.1) is 0 Å². The number of benzene rings is 3. The number of carbonyl (C=O) groups excluding carboxylic acids is 2. The molecule has 178 valence electrons. The second-order valence-corrected chi connectivity index (χ2v) is 9.47. The summed E-state index contributed by atoms with van der Waals surface area (Å²) in [6.45, 7) is 3.47. The molecular formula is C25H25FN2O5S. The first-order valence-corrected chi connectivity index (χ1v) is 12.4. The smallest absolute Gasteiger partial charge is 0.338 e. The molecule has 0 aliphatic heterocycles. The van der Waals surface area contributed by atoms with Gasteiger partial charge >= 0.3 is 5.97 Å². The molecule has 0 unspecified atom stereocenters. The minimum Gasteiger partial charge on any atom is -0.462 e. The van der Waals surface area contributed by atoms with Crippen molar-refractivity contribution in [3.05, 3.63) is 94.8 Å². The number of esters is 1. The van der Waals surface area contributed by atoms with E-state index in [1.54, 1.807) is 38.1 Å². The highest BCUT2D eigenvalue weighted by atomic mass is 32.2. The van der Waals surface area contributed by atoms with Crippen LogP contribution in [0.5, 0.6) is 0 Å². The van der Waals surface area contributed by atoms with Gasteiger partial charge in [-0.1, -0.05) is 24.3 Å². The van der Waals surface area contributed by atoms with Crippen molar-refractivity contribution >= 4 is 33.3 Å².